The highest BCUT2D eigenvalue weighted by Crippen LogP contribution is 2.35. The lowest BCUT2D eigenvalue weighted by Gasteiger charge is -2.13. The average Bonchev–Trinajstić information content (AvgIpc) is 3.20. The zero-order valence-electron chi connectivity index (χ0n) is 21.6. The number of hydrogen-bond donors (Lipinski definition) is 1. The highest BCUT2D eigenvalue weighted by atomic mass is 32.2. The summed E-state index contributed by atoms with van der Waals surface area (Å²) in [6, 6.07) is 18.4. The summed E-state index contributed by atoms with van der Waals surface area (Å²) < 4.78 is 11.6. The summed E-state index contributed by atoms with van der Waals surface area (Å²) in [6.07, 6.45) is 3.49. The van der Waals surface area contributed by atoms with E-state index < -0.39 is 28.5 Å². The number of thioether (sulfide) groups is 2. The molecule has 4 rings (SSSR count). The van der Waals surface area contributed by atoms with Gasteiger partial charge in [0.05, 0.1) is 16.4 Å². The van der Waals surface area contributed by atoms with E-state index in [9.17, 15) is 24.5 Å². The van der Waals surface area contributed by atoms with Gasteiger partial charge in [0.2, 0.25) is 5.91 Å². The first-order valence-electron chi connectivity index (χ1n) is 12.1. The smallest absolute Gasteiger partial charge is 0.294 e. The molecule has 12 heteroatoms. The monoisotopic (exact) mass is 579 g/mol. The molecule has 3 amide bonds. The molecule has 0 atom stereocenters. The zero-order valence-corrected chi connectivity index (χ0v) is 23.3. The van der Waals surface area contributed by atoms with Crippen LogP contribution in [0.1, 0.15) is 18.1 Å². The maximum absolute atomic E-state index is 12.9. The molecule has 0 aromatic heterocycles. The van der Waals surface area contributed by atoms with Crippen LogP contribution in [0.15, 0.2) is 76.5 Å². The molecule has 0 radical (unpaired) electrons. The number of hydrogen-bond acceptors (Lipinski definition) is 9. The summed E-state index contributed by atoms with van der Waals surface area (Å²) >= 11 is 2.29. The molecule has 1 saturated heterocycles. The molecule has 40 heavy (non-hydrogen) atoms. The third-order valence-electron chi connectivity index (χ3n) is 5.64. The predicted molar refractivity (Wildman–Crippen MR) is 155 cm³/mol. The van der Waals surface area contributed by atoms with Crippen molar-refractivity contribution in [3.63, 3.8) is 0 Å². The number of nitrogens with zero attached hydrogens (tertiary/aromatic N) is 2. The molecule has 1 heterocycles. The SMILES string of the molecule is CCOc1cc(/C=C2/SC(=O)N(CC(=O)Nc3cccc(SC)c3)C2=O)ccc1OCc1ccc([N+](=O)[O-])cc1. The number of anilines is 1. The normalized spacial score (nSPS) is 13.9. The third kappa shape index (κ3) is 7.21. The van der Waals surface area contributed by atoms with Crippen molar-refractivity contribution in [1.82, 2.24) is 4.90 Å². The molecule has 0 aliphatic carbocycles. The molecule has 1 fully saturated rings. The Bertz CT molecular complexity index is 1470. The van der Waals surface area contributed by atoms with Gasteiger partial charge in [-0.05, 0) is 84.6 Å². The Labute approximate surface area is 238 Å². The Morgan fingerprint density at radius 1 is 1.07 bits per heavy atom. The minimum atomic E-state index is -0.556. The first kappa shape index (κ1) is 28.7. The van der Waals surface area contributed by atoms with E-state index in [0.717, 1.165) is 27.1 Å². The fraction of sp³-hybridized carbons (Fsp3) is 0.179. The van der Waals surface area contributed by atoms with Gasteiger partial charge in [0, 0.05) is 22.7 Å². The van der Waals surface area contributed by atoms with E-state index in [2.05, 4.69) is 5.32 Å². The zero-order chi connectivity index (χ0) is 28.6. The van der Waals surface area contributed by atoms with Crippen molar-refractivity contribution < 1.29 is 28.8 Å². The van der Waals surface area contributed by atoms with Gasteiger partial charge in [0.1, 0.15) is 13.2 Å². The average molecular weight is 580 g/mol. The standard InChI is InChI=1S/C28H25N3O7S2/c1-3-37-24-13-19(9-12-23(24)38-17-18-7-10-21(11-8-18)31(35)36)14-25-27(33)30(28(34)40-25)16-26(32)29-20-5-4-6-22(15-20)39-2/h4-15H,3,16-17H2,1-2H3,(H,29,32)/b25-14+. The van der Waals surface area contributed by atoms with Gasteiger partial charge in [0.15, 0.2) is 11.5 Å². The van der Waals surface area contributed by atoms with Crippen molar-refractivity contribution in [2.24, 2.45) is 0 Å². The number of benzene rings is 3. The number of carbonyl (C=O) groups is 3. The van der Waals surface area contributed by atoms with Crippen molar-refractivity contribution in [1.29, 1.82) is 0 Å². The van der Waals surface area contributed by atoms with Gasteiger partial charge in [-0.15, -0.1) is 11.8 Å². The number of rotatable bonds is 11. The lowest BCUT2D eigenvalue weighted by atomic mass is 10.1. The van der Waals surface area contributed by atoms with Gasteiger partial charge in [-0.25, -0.2) is 0 Å². The second kappa shape index (κ2) is 13.2. The molecule has 0 bridgehead atoms. The molecule has 3 aromatic rings. The van der Waals surface area contributed by atoms with Crippen LogP contribution in [0.25, 0.3) is 6.08 Å². The molecule has 206 valence electrons. The summed E-state index contributed by atoms with van der Waals surface area (Å²) in [5.41, 5.74) is 1.93. The van der Waals surface area contributed by atoms with Crippen LogP contribution in [0.2, 0.25) is 0 Å². The number of imide groups is 1. The lowest BCUT2D eigenvalue weighted by molar-refractivity contribution is -0.384. The number of amides is 3. The number of nitro groups is 1. The maximum Gasteiger partial charge on any atom is 0.294 e. The van der Waals surface area contributed by atoms with Crippen LogP contribution >= 0.6 is 23.5 Å². The third-order valence-corrected chi connectivity index (χ3v) is 7.27. The summed E-state index contributed by atoms with van der Waals surface area (Å²) in [4.78, 5) is 50.5. The van der Waals surface area contributed by atoms with Crippen molar-refractivity contribution in [2.45, 2.75) is 18.4 Å². The second-order valence-corrected chi connectivity index (χ2v) is 10.3. The van der Waals surface area contributed by atoms with E-state index in [1.807, 2.05) is 31.4 Å². The van der Waals surface area contributed by atoms with Crippen molar-refractivity contribution in [2.75, 3.05) is 24.7 Å². The Morgan fingerprint density at radius 2 is 1.85 bits per heavy atom. The van der Waals surface area contributed by atoms with Crippen molar-refractivity contribution >= 4 is 58.0 Å². The molecular weight excluding hydrogens is 554 g/mol. The van der Waals surface area contributed by atoms with Gasteiger partial charge in [0.25, 0.3) is 16.8 Å². The van der Waals surface area contributed by atoms with Crippen LogP contribution in [0.3, 0.4) is 0 Å². The van der Waals surface area contributed by atoms with Gasteiger partial charge >= 0.3 is 0 Å². The minimum absolute atomic E-state index is 0.00547. The molecule has 3 aromatic carbocycles. The summed E-state index contributed by atoms with van der Waals surface area (Å²) in [5.74, 6) is -0.147. The van der Waals surface area contributed by atoms with E-state index in [4.69, 9.17) is 9.47 Å². The topological polar surface area (TPSA) is 128 Å². The van der Waals surface area contributed by atoms with Gasteiger partial charge in [-0.1, -0.05) is 12.1 Å². The first-order chi connectivity index (χ1) is 19.3. The molecule has 0 spiro atoms. The van der Waals surface area contributed by atoms with Crippen LogP contribution in [0.4, 0.5) is 16.2 Å². The largest absolute Gasteiger partial charge is 0.490 e. The second-order valence-electron chi connectivity index (χ2n) is 8.40. The van der Waals surface area contributed by atoms with Gasteiger partial charge < -0.3 is 14.8 Å². The first-order valence-corrected chi connectivity index (χ1v) is 14.1. The van der Waals surface area contributed by atoms with Crippen LogP contribution in [0, 0.1) is 10.1 Å². The fourth-order valence-electron chi connectivity index (χ4n) is 3.71. The van der Waals surface area contributed by atoms with Crippen LogP contribution in [-0.4, -0.2) is 46.3 Å². The quantitative estimate of drug-likeness (QED) is 0.126. The summed E-state index contributed by atoms with van der Waals surface area (Å²) in [6.45, 7) is 1.95. The Kier molecular flexibility index (Phi) is 9.46. The van der Waals surface area contributed by atoms with E-state index in [1.54, 1.807) is 42.5 Å². The number of carbonyl (C=O) groups excluding carboxylic acids is 3. The number of nitro benzene ring substituents is 1. The predicted octanol–water partition coefficient (Wildman–Crippen LogP) is 5.97. The highest BCUT2D eigenvalue weighted by Gasteiger charge is 2.36. The van der Waals surface area contributed by atoms with E-state index >= 15 is 0 Å². The summed E-state index contributed by atoms with van der Waals surface area (Å²) in [7, 11) is 0. The number of non-ortho nitro benzene ring substituents is 1. The van der Waals surface area contributed by atoms with Crippen molar-refractivity contribution in [3.8, 4) is 11.5 Å². The van der Waals surface area contributed by atoms with Crippen LogP contribution in [0.5, 0.6) is 11.5 Å². The van der Waals surface area contributed by atoms with Gasteiger partial charge in [-0.2, -0.15) is 0 Å². The minimum Gasteiger partial charge on any atom is -0.490 e. The van der Waals surface area contributed by atoms with E-state index in [1.165, 1.54) is 23.9 Å². The fourth-order valence-corrected chi connectivity index (χ4v) is 5.01. The Morgan fingerprint density at radius 3 is 2.55 bits per heavy atom. The Balaban J connectivity index is 1.43. The molecule has 1 N–H and O–H groups in total. The molecule has 1 aliphatic rings. The molecule has 0 saturated carbocycles. The maximum atomic E-state index is 12.9. The molecule has 10 nitrogen and oxygen atoms in total. The van der Waals surface area contributed by atoms with Crippen LogP contribution < -0.4 is 14.8 Å². The van der Waals surface area contributed by atoms with E-state index in [-0.39, 0.29) is 17.2 Å². The van der Waals surface area contributed by atoms with Gasteiger partial charge in [-0.3, -0.25) is 29.4 Å². The Hall–Kier alpha value is -4.29. The van der Waals surface area contributed by atoms with Crippen LogP contribution in [-0.2, 0) is 16.2 Å². The lowest BCUT2D eigenvalue weighted by Crippen LogP contribution is -2.36. The van der Waals surface area contributed by atoms with E-state index in [0.29, 0.717) is 29.4 Å². The molecule has 0 unspecified atom stereocenters. The van der Waals surface area contributed by atoms with Crippen molar-refractivity contribution in [3.05, 3.63) is 92.9 Å². The number of nitrogens with one attached hydrogen (secondary N) is 1. The molecular formula is C28H25N3O7S2. The molecule has 1 aliphatic heterocycles. The number of ether oxygens (including phenoxy) is 2. The summed E-state index contributed by atoms with van der Waals surface area (Å²) in [5, 5.41) is 13.0. The highest BCUT2D eigenvalue weighted by molar-refractivity contribution is 8.18.